The Bertz CT molecular complexity index is 941. The highest BCUT2D eigenvalue weighted by Crippen LogP contribution is 2.35. The fourth-order valence-electron chi connectivity index (χ4n) is 2.66. The number of nitrogens with zero attached hydrogens (tertiary/aromatic N) is 1. The molecule has 1 aliphatic rings. The minimum atomic E-state index is -0.466. The van der Waals surface area contributed by atoms with Crippen LogP contribution in [0.15, 0.2) is 53.4 Å². The summed E-state index contributed by atoms with van der Waals surface area (Å²) in [5, 5.41) is 0. The number of methoxy groups -OCH3 is 1. The first-order valence-corrected chi connectivity index (χ1v) is 9.96. The maximum atomic E-state index is 12.5. The number of carbonyl (C=O) groups excluding carboxylic acids is 2. The summed E-state index contributed by atoms with van der Waals surface area (Å²) in [5.74, 6) is 0.164. The van der Waals surface area contributed by atoms with E-state index in [-0.39, 0.29) is 5.91 Å². The second kappa shape index (κ2) is 9.03. The molecule has 0 N–H and O–H groups in total. The van der Waals surface area contributed by atoms with Crippen molar-refractivity contribution in [1.29, 1.82) is 0 Å². The van der Waals surface area contributed by atoms with Crippen LogP contribution in [0.2, 0.25) is 0 Å². The summed E-state index contributed by atoms with van der Waals surface area (Å²) in [4.78, 5) is 26.9. The van der Waals surface area contributed by atoms with Crippen molar-refractivity contribution in [3.63, 3.8) is 0 Å². The van der Waals surface area contributed by atoms with Crippen LogP contribution in [0, 0.1) is 0 Å². The maximum Gasteiger partial charge on any atom is 0.343 e. The Morgan fingerprint density at radius 1 is 1.18 bits per heavy atom. The van der Waals surface area contributed by atoms with Gasteiger partial charge >= 0.3 is 5.97 Å². The van der Waals surface area contributed by atoms with E-state index >= 15 is 0 Å². The van der Waals surface area contributed by atoms with E-state index in [1.165, 1.54) is 18.9 Å². The van der Waals surface area contributed by atoms with Gasteiger partial charge in [-0.2, -0.15) is 0 Å². The summed E-state index contributed by atoms with van der Waals surface area (Å²) in [5.41, 5.74) is 1.21. The van der Waals surface area contributed by atoms with Crippen LogP contribution in [0.25, 0.3) is 6.08 Å². The zero-order valence-corrected chi connectivity index (χ0v) is 17.1. The van der Waals surface area contributed by atoms with Gasteiger partial charge in [-0.1, -0.05) is 55.2 Å². The minimum absolute atomic E-state index is 0.0876. The molecule has 0 spiro atoms. The Kier molecular flexibility index (Phi) is 6.49. The van der Waals surface area contributed by atoms with Crippen LogP contribution in [-0.2, 0) is 4.79 Å². The number of carbonyl (C=O) groups is 2. The summed E-state index contributed by atoms with van der Waals surface area (Å²) in [6.07, 6.45) is 2.61. The standard InChI is InChI=1S/C21H19NO4S2/c1-3-11-22-19(23)18(28-21(22)27)13-14-9-10-16(17(12-14)25-2)26-20(24)15-7-5-4-6-8-15/h4-10,12-13H,3,11H2,1-2H3/b18-13+. The van der Waals surface area contributed by atoms with Gasteiger partial charge in [0.15, 0.2) is 11.5 Å². The lowest BCUT2D eigenvalue weighted by Gasteiger charge is -2.12. The number of amides is 1. The smallest absolute Gasteiger partial charge is 0.343 e. The van der Waals surface area contributed by atoms with Crippen LogP contribution >= 0.6 is 24.0 Å². The molecule has 5 nitrogen and oxygen atoms in total. The molecule has 2 aromatic carbocycles. The number of benzene rings is 2. The summed E-state index contributed by atoms with van der Waals surface area (Å²) in [6.45, 7) is 2.61. The SMILES string of the molecule is CCCN1C(=O)/C(=C\c2ccc(OC(=O)c3ccccc3)c(OC)c2)SC1=S. The fraction of sp³-hybridized carbons (Fsp3) is 0.190. The number of thiocarbonyl (C=S) groups is 1. The molecule has 0 bridgehead atoms. The Morgan fingerprint density at radius 3 is 2.61 bits per heavy atom. The zero-order chi connectivity index (χ0) is 20.1. The lowest BCUT2D eigenvalue weighted by molar-refractivity contribution is -0.122. The third kappa shape index (κ3) is 4.43. The highest BCUT2D eigenvalue weighted by Gasteiger charge is 2.31. The summed E-state index contributed by atoms with van der Waals surface area (Å²) in [7, 11) is 1.50. The van der Waals surface area contributed by atoms with Crippen molar-refractivity contribution < 1.29 is 19.1 Å². The van der Waals surface area contributed by atoms with Gasteiger partial charge in [-0.25, -0.2) is 4.79 Å². The number of thioether (sulfide) groups is 1. The van der Waals surface area contributed by atoms with Gasteiger partial charge in [0.25, 0.3) is 5.91 Å². The number of rotatable bonds is 6. The van der Waals surface area contributed by atoms with Crippen LogP contribution in [0.5, 0.6) is 11.5 Å². The molecule has 28 heavy (non-hydrogen) atoms. The number of hydrogen-bond donors (Lipinski definition) is 0. The van der Waals surface area contributed by atoms with Gasteiger partial charge in [-0.05, 0) is 42.3 Å². The molecule has 0 aromatic heterocycles. The lowest BCUT2D eigenvalue weighted by atomic mass is 10.1. The predicted molar refractivity (Wildman–Crippen MR) is 115 cm³/mol. The number of esters is 1. The molecule has 1 heterocycles. The largest absolute Gasteiger partial charge is 0.493 e. The van der Waals surface area contributed by atoms with Crippen LogP contribution in [0.3, 0.4) is 0 Å². The molecule has 7 heteroatoms. The Morgan fingerprint density at radius 2 is 1.93 bits per heavy atom. The van der Waals surface area contributed by atoms with Crippen molar-refractivity contribution in [3.8, 4) is 11.5 Å². The molecule has 1 fully saturated rings. The van der Waals surface area contributed by atoms with Crippen molar-refractivity contribution >= 4 is 46.3 Å². The lowest BCUT2D eigenvalue weighted by Crippen LogP contribution is -2.28. The Balaban J connectivity index is 1.81. The quantitative estimate of drug-likeness (QED) is 0.300. The van der Waals surface area contributed by atoms with E-state index in [1.54, 1.807) is 53.4 Å². The minimum Gasteiger partial charge on any atom is -0.493 e. The Labute approximate surface area is 173 Å². The molecule has 1 amide bonds. The van der Waals surface area contributed by atoms with E-state index in [1.807, 2.05) is 13.0 Å². The van der Waals surface area contributed by atoms with E-state index < -0.39 is 5.97 Å². The molecule has 3 rings (SSSR count). The van der Waals surface area contributed by atoms with Gasteiger partial charge in [-0.3, -0.25) is 9.69 Å². The van der Waals surface area contributed by atoms with Crippen LogP contribution in [0.1, 0.15) is 29.3 Å². The van der Waals surface area contributed by atoms with Crippen LogP contribution < -0.4 is 9.47 Å². The average molecular weight is 414 g/mol. The van der Waals surface area contributed by atoms with Gasteiger partial charge in [0.05, 0.1) is 17.6 Å². The third-order valence-electron chi connectivity index (χ3n) is 4.02. The molecular weight excluding hydrogens is 394 g/mol. The molecule has 144 valence electrons. The highest BCUT2D eigenvalue weighted by molar-refractivity contribution is 8.26. The van der Waals surface area contributed by atoms with E-state index in [0.717, 1.165) is 12.0 Å². The van der Waals surface area contributed by atoms with Crippen molar-refractivity contribution in [3.05, 3.63) is 64.6 Å². The second-order valence-corrected chi connectivity index (χ2v) is 7.67. The van der Waals surface area contributed by atoms with E-state index in [9.17, 15) is 9.59 Å². The van der Waals surface area contributed by atoms with E-state index in [2.05, 4.69) is 0 Å². The number of ether oxygens (including phenoxy) is 2. The molecule has 0 unspecified atom stereocenters. The number of hydrogen-bond acceptors (Lipinski definition) is 6. The van der Waals surface area contributed by atoms with Gasteiger partial charge in [0.1, 0.15) is 4.32 Å². The van der Waals surface area contributed by atoms with Crippen molar-refractivity contribution in [2.45, 2.75) is 13.3 Å². The van der Waals surface area contributed by atoms with Crippen LogP contribution in [0.4, 0.5) is 0 Å². The molecule has 0 aliphatic carbocycles. The van der Waals surface area contributed by atoms with E-state index in [4.69, 9.17) is 21.7 Å². The average Bonchev–Trinajstić information content (AvgIpc) is 2.97. The first-order chi connectivity index (χ1) is 13.5. The third-order valence-corrected chi connectivity index (χ3v) is 5.40. The molecule has 1 aliphatic heterocycles. The molecular formula is C21H19NO4S2. The summed E-state index contributed by atoms with van der Waals surface area (Å²) >= 11 is 6.57. The fourth-order valence-corrected chi connectivity index (χ4v) is 3.97. The summed E-state index contributed by atoms with van der Waals surface area (Å²) in [6, 6.07) is 13.9. The van der Waals surface area contributed by atoms with Gasteiger partial charge in [0, 0.05) is 6.54 Å². The second-order valence-electron chi connectivity index (χ2n) is 6.00. The molecule has 0 atom stereocenters. The monoisotopic (exact) mass is 413 g/mol. The molecule has 1 saturated heterocycles. The molecule has 0 saturated carbocycles. The van der Waals surface area contributed by atoms with Crippen LogP contribution in [-0.4, -0.2) is 34.8 Å². The topological polar surface area (TPSA) is 55.8 Å². The molecule has 2 aromatic rings. The Hall–Kier alpha value is -2.64. The van der Waals surface area contributed by atoms with Gasteiger partial charge < -0.3 is 9.47 Å². The maximum absolute atomic E-state index is 12.5. The first-order valence-electron chi connectivity index (χ1n) is 8.74. The normalized spacial score (nSPS) is 15.2. The first kappa shape index (κ1) is 20.1. The van der Waals surface area contributed by atoms with Crippen molar-refractivity contribution in [2.75, 3.05) is 13.7 Å². The van der Waals surface area contributed by atoms with Crippen molar-refractivity contribution in [2.24, 2.45) is 0 Å². The van der Waals surface area contributed by atoms with E-state index in [0.29, 0.717) is 32.8 Å². The highest BCUT2D eigenvalue weighted by atomic mass is 32.2. The summed E-state index contributed by atoms with van der Waals surface area (Å²) < 4.78 is 11.4. The van der Waals surface area contributed by atoms with Gasteiger partial charge in [-0.15, -0.1) is 0 Å². The van der Waals surface area contributed by atoms with Gasteiger partial charge in [0.2, 0.25) is 0 Å². The predicted octanol–water partition coefficient (Wildman–Crippen LogP) is 4.53. The van der Waals surface area contributed by atoms with Crippen molar-refractivity contribution in [1.82, 2.24) is 4.90 Å². The molecule has 0 radical (unpaired) electrons. The zero-order valence-electron chi connectivity index (χ0n) is 15.5.